The average molecular weight is 738 g/mol. The molecule has 1 saturated carbocycles. The Morgan fingerprint density at radius 2 is 1.62 bits per heavy atom. The van der Waals surface area contributed by atoms with Crippen LogP contribution in [0.2, 0.25) is 0 Å². The van der Waals surface area contributed by atoms with Crippen LogP contribution in [0.15, 0.2) is 42.9 Å². The number of nitrogens with zero attached hydrogens (tertiary/aromatic N) is 5. The molecule has 0 bridgehead atoms. The van der Waals surface area contributed by atoms with Crippen molar-refractivity contribution in [1.82, 2.24) is 34.9 Å². The molecule has 13 nitrogen and oxygen atoms in total. The summed E-state index contributed by atoms with van der Waals surface area (Å²) in [5.41, 5.74) is 1.49. The molecule has 294 valence electrons. The van der Waals surface area contributed by atoms with Crippen LogP contribution in [0.25, 0.3) is 0 Å². The van der Waals surface area contributed by atoms with Gasteiger partial charge in [-0.2, -0.15) is 0 Å². The normalized spacial score (nSPS) is 17.5. The fraction of sp³-hybridized carbons (Fsp3) is 0.675. The molecule has 2 aliphatic rings. The highest BCUT2D eigenvalue weighted by Crippen LogP contribution is 2.29. The number of urea groups is 1. The molecule has 0 radical (unpaired) electrons. The first kappa shape index (κ1) is 41.8. The number of nitrogens with one attached hydrogen (secondary N) is 2. The minimum Gasteiger partial charge on any atom is -0.391 e. The molecule has 3 N–H and O–H groups in total. The number of imidazole rings is 1. The molecule has 1 aromatic carbocycles. The van der Waals surface area contributed by atoms with Crippen molar-refractivity contribution in [2.75, 3.05) is 60.5 Å². The van der Waals surface area contributed by atoms with Crippen LogP contribution in [0, 0.1) is 17.8 Å². The number of amides is 5. The van der Waals surface area contributed by atoms with E-state index in [-0.39, 0.29) is 37.9 Å². The third kappa shape index (κ3) is 12.8. The van der Waals surface area contributed by atoms with Gasteiger partial charge in [0.2, 0.25) is 17.7 Å². The van der Waals surface area contributed by atoms with Gasteiger partial charge in [-0.15, -0.1) is 0 Å². The van der Waals surface area contributed by atoms with Crippen LogP contribution in [0.4, 0.5) is 4.79 Å². The fourth-order valence-corrected chi connectivity index (χ4v) is 7.39. The van der Waals surface area contributed by atoms with Gasteiger partial charge in [-0.3, -0.25) is 14.4 Å². The highest BCUT2D eigenvalue weighted by Gasteiger charge is 2.38. The molecule has 53 heavy (non-hydrogen) atoms. The lowest BCUT2D eigenvalue weighted by molar-refractivity contribution is -0.150. The quantitative estimate of drug-likeness (QED) is 0.197. The number of carbonyl (C=O) groups is 4. The molecule has 13 heteroatoms. The summed E-state index contributed by atoms with van der Waals surface area (Å²) in [6.45, 7) is 6.78. The second-order valence-electron chi connectivity index (χ2n) is 15.4. The number of H-pyrrole nitrogens is 1. The largest absolute Gasteiger partial charge is 0.391 e. The maximum absolute atomic E-state index is 14.6. The number of aromatic nitrogens is 2. The SMILES string of the molecule is CC(C)CC[C@H](O)[C@H](CC1CCCCC1)NC(=O)[C@H](Cc1cnc[nH]1)N(C)C(=O)[C@@H](Cc1ccccc1)C(=O)N(C)CCN(C)C(=O)N1CCOCC1. The first-order chi connectivity index (χ1) is 25.4. The summed E-state index contributed by atoms with van der Waals surface area (Å²) in [5, 5.41) is 14.6. The molecule has 1 aliphatic carbocycles. The molecule has 2 aromatic rings. The monoisotopic (exact) mass is 737 g/mol. The Bertz CT molecular complexity index is 1410. The van der Waals surface area contributed by atoms with Gasteiger partial charge < -0.3 is 39.7 Å². The van der Waals surface area contributed by atoms with Crippen LogP contribution in [-0.2, 0) is 32.0 Å². The number of aliphatic hydroxyl groups is 1. The number of benzene rings is 1. The molecule has 0 unspecified atom stereocenters. The van der Waals surface area contributed by atoms with Crippen molar-refractivity contribution in [3.63, 3.8) is 0 Å². The third-order valence-electron chi connectivity index (χ3n) is 10.9. The third-order valence-corrected chi connectivity index (χ3v) is 10.9. The van der Waals surface area contributed by atoms with Crippen molar-refractivity contribution in [3.05, 3.63) is 54.1 Å². The van der Waals surface area contributed by atoms with Crippen molar-refractivity contribution in [2.24, 2.45) is 17.8 Å². The van der Waals surface area contributed by atoms with Crippen LogP contribution < -0.4 is 5.32 Å². The summed E-state index contributed by atoms with van der Waals surface area (Å²) in [6, 6.07) is 7.82. The molecule has 1 aromatic heterocycles. The van der Waals surface area contributed by atoms with Gasteiger partial charge in [0.15, 0.2) is 0 Å². The molecular weight excluding hydrogens is 674 g/mol. The summed E-state index contributed by atoms with van der Waals surface area (Å²) < 4.78 is 5.37. The molecule has 1 aliphatic heterocycles. The van der Waals surface area contributed by atoms with Crippen LogP contribution in [0.5, 0.6) is 0 Å². The number of aliphatic hydroxyl groups excluding tert-OH is 1. The Labute approximate surface area is 315 Å². The first-order valence-electron chi connectivity index (χ1n) is 19.5. The molecule has 1 saturated heterocycles. The van der Waals surface area contributed by atoms with Gasteiger partial charge in [-0.05, 0) is 43.1 Å². The number of hydrogen-bond acceptors (Lipinski definition) is 7. The van der Waals surface area contributed by atoms with E-state index >= 15 is 0 Å². The molecular formula is C40H63N7O6. The predicted molar refractivity (Wildman–Crippen MR) is 204 cm³/mol. The van der Waals surface area contributed by atoms with Gasteiger partial charge in [0.25, 0.3) is 0 Å². The van der Waals surface area contributed by atoms with E-state index in [9.17, 15) is 24.3 Å². The lowest BCUT2D eigenvalue weighted by atomic mass is 9.83. The molecule has 2 heterocycles. The van der Waals surface area contributed by atoms with E-state index < -0.39 is 35.9 Å². The van der Waals surface area contributed by atoms with Crippen LogP contribution >= 0.6 is 0 Å². The van der Waals surface area contributed by atoms with Gasteiger partial charge in [-0.25, -0.2) is 9.78 Å². The van der Waals surface area contributed by atoms with Gasteiger partial charge >= 0.3 is 6.03 Å². The van der Waals surface area contributed by atoms with Crippen molar-refractivity contribution in [1.29, 1.82) is 0 Å². The maximum atomic E-state index is 14.6. The van der Waals surface area contributed by atoms with Crippen molar-refractivity contribution in [3.8, 4) is 0 Å². The standard InChI is InChI=1S/C40H63N7O6/c1-29(2)16-17-36(48)34(25-31-14-10-7-11-15-31)43-37(49)35(26-32-27-41-28-42-32)46(5)39(51)33(24-30-12-8-6-9-13-30)38(50)44(3)18-19-45(4)40(52)47-20-22-53-23-21-47/h6,8-9,12-13,27-29,31,33-36,48H,7,10-11,14-26H2,1-5H3,(H,41,42)(H,43,49)/t33-,34-,35-,36-/m0/s1. The van der Waals surface area contributed by atoms with E-state index in [0.29, 0.717) is 56.7 Å². The van der Waals surface area contributed by atoms with E-state index in [4.69, 9.17) is 4.74 Å². The van der Waals surface area contributed by atoms with Crippen LogP contribution in [-0.4, -0.2) is 137 Å². The lowest BCUT2D eigenvalue weighted by Gasteiger charge is -2.35. The van der Waals surface area contributed by atoms with E-state index in [1.165, 1.54) is 22.5 Å². The Kier molecular flexibility index (Phi) is 16.6. The van der Waals surface area contributed by atoms with E-state index in [2.05, 4.69) is 29.1 Å². The van der Waals surface area contributed by atoms with Gasteiger partial charge in [-0.1, -0.05) is 76.3 Å². The second kappa shape index (κ2) is 21.1. The molecule has 5 amide bonds. The molecule has 4 rings (SSSR count). The van der Waals surface area contributed by atoms with Crippen molar-refractivity contribution >= 4 is 23.8 Å². The molecule has 2 fully saturated rings. The number of morpholine rings is 1. The summed E-state index contributed by atoms with van der Waals surface area (Å²) in [7, 11) is 4.93. The van der Waals surface area contributed by atoms with Crippen molar-refractivity contribution in [2.45, 2.75) is 96.2 Å². The Morgan fingerprint density at radius 1 is 0.943 bits per heavy atom. The van der Waals surface area contributed by atoms with Gasteiger partial charge in [0, 0.05) is 65.6 Å². The van der Waals surface area contributed by atoms with E-state index in [1.54, 1.807) is 37.1 Å². The van der Waals surface area contributed by atoms with Crippen LogP contribution in [0.1, 0.15) is 76.5 Å². The minimum atomic E-state index is -1.11. The van der Waals surface area contributed by atoms with E-state index in [0.717, 1.165) is 37.7 Å². The average Bonchev–Trinajstić information content (AvgIpc) is 3.70. The summed E-state index contributed by atoms with van der Waals surface area (Å²) in [4.78, 5) is 69.5. The maximum Gasteiger partial charge on any atom is 0.319 e. The topological polar surface area (TPSA) is 151 Å². The zero-order chi connectivity index (χ0) is 38.3. The van der Waals surface area contributed by atoms with Crippen LogP contribution in [0.3, 0.4) is 0 Å². The first-order valence-corrected chi connectivity index (χ1v) is 19.5. The number of carbonyl (C=O) groups excluding carboxylic acids is 4. The predicted octanol–water partition coefficient (Wildman–Crippen LogP) is 3.73. The summed E-state index contributed by atoms with van der Waals surface area (Å²) >= 11 is 0. The summed E-state index contributed by atoms with van der Waals surface area (Å²) in [5.74, 6) is -1.53. The lowest BCUT2D eigenvalue weighted by Crippen LogP contribution is -2.56. The zero-order valence-electron chi connectivity index (χ0n) is 32.5. The molecule has 0 spiro atoms. The zero-order valence-corrected chi connectivity index (χ0v) is 32.5. The highest BCUT2D eigenvalue weighted by atomic mass is 16.5. The summed E-state index contributed by atoms with van der Waals surface area (Å²) in [6.07, 6.45) is 10.5. The highest BCUT2D eigenvalue weighted by molar-refractivity contribution is 6.02. The van der Waals surface area contributed by atoms with Gasteiger partial charge in [0.1, 0.15) is 12.0 Å². The fourth-order valence-electron chi connectivity index (χ4n) is 7.39. The van der Waals surface area contributed by atoms with Gasteiger partial charge in [0.05, 0.1) is 31.7 Å². The molecule has 4 atom stereocenters. The second-order valence-corrected chi connectivity index (χ2v) is 15.4. The number of ether oxygens (including phenoxy) is 1. The number of likely N-dealkylation sites (N-methyl/N-ethyl adjacent to an activating group) is 3. The Hall–Kier alpha value is -3.97. The van der Waals surface area contributed by atoms with Crippen molar-refractivity contribution < 1.29 is 29.0 Å². The Balaban J connectivity index is 1.54. The minimum absolute atomic E-state index is 0.130. The number of hydrogen-bond donors (Lipinski definition) is 3. The number of rotatable bonds is 18. The number of aromatic amines is 1. The Morgan fingerprint density at radius 3 is 2.26 bits per heavy atom. The van der Waals surface area contributed by atoms with E-state index in [1.807, 2.05) is 30.3 Å². The smallest absolute Gasteiger partial charge is 0.319 e.